The average molecular weight is 293 g/mol. The van der Waals surface area contributed by atoms with E-state index in [2.05, 4.69) is 33.7 Å². The molecule has 0 amide bonds. The smallest absolute Gasteiger partial charge is 0.240 e. The number of hydrogen-bond donors (Lipinski definition) is 4. The Morgan fingerprint density at radius 1 is 1.45 bits per heavy atom. The Morgan fingerprint density at radius 3 is 2.90 bits per heavy atom. The normalized spacial score (nSPS) is 16.4. The predicted molar refractivity (Wildman–Crippen MR) is 81.8 cm³/mol. The molecule has 0 bridgehead atoms. The molecule has 1 saturated carbocycles. The topological polar surface area (TPSA) is 96.1 Å². The van der Waals surface area contributed by atoms with Crippen molar-refractivity contribution in [3.05, 3.63) is 10.9 Å². The molecule has 3 rings (SSSR count). The summed E-state index contributed by atoms with van der Waals surface area (Å²) in [6.07, 6.45) is 3.18. The molecule has 7 heteroatoms. The molecule has 0 aliphatic heterocycles. The number of hydrazine groups is 1. The molecular weight excluding hydrogens is 274 g/mol. The number of rotatable bonds is 6. The second kappa shape index (κ2) is 5.16. The Morgan fingerprint density at radius 2 is 2.25 bits per heavy atom. The van der Waals surface area contributed by atoms with Crippen molar-refractivity contribution < 1.29 is 5.11 Å². The van der Waals surface area contributed by atoms with Gasteiger partial charge in [0.2, 0.25) is 5.95 Å². The summed E-state index contributed by atoms with van der Waals surface area (Å²) in [5.41, 5.74) is 2.75. The average Bonchev–Trinajstić information content (AvgIpc) is 3.09. The summed E-state index contributed by atoms with van der Waals surface area (Å²) in [7, 11) is 0. The maximum atomic E-state index is 9.12. The van der Waals surface area contributed by atoms with Gasteiger partial charge >= 0.3 is 0 Å². The number of nitrogens with zero attached hydrogens (tertiary/aromatic N) is 2. The first-order chi connectivity index (χ1) is 9.65. The van der Waals surface area contributed by atoms with Crippen molar-refractivity contribution in [3.8, 4) is 0 Å². The second-order valence-corrected chi connectivity index (χ2v) is 6.68. The van der Waals surface area contributed by atoms with E-state index in [1.165, 1.54) is 17.7 Å². The van der Waals surface area contributed by atoms with Gasteiger partial charge in [-0.1, -0.05) is 0 Å². The summed E-state index contributed by atoms with van der Waals surface area (Å²) in [4.78, 5) is 10.9. The van der Waals surface area contributed by atoms with Crippen LogP contribution in [0.4, 0.5) is 11.8 Å². The maximum absolute atomic E-state index is 9.12. The van der Waals surface area contributed by atoms with E-state index in [1.807, 2.05) is 0 Å². The molecule has 1 aliphatic rings. The highest BCUT2D eigenvalue weighted by Gasteiger charge is 2.41. The predicted octanol–water partition coefficient (Wildman–Crippen LogP) is 1.86. The van der Waals surface area contributed by atoms with E-state index < -0.39 is 0 Å². The van der Waals surface area contributed by atoms with Gasteiger partial charge in [-0.25, -0.2) is 10.8 Å². The number of aliphatic hydroxyl groups is 1. The van der Waals surface area contributed by atoms with Crippen molar-refractivity contribution in [2.24, 2.45) is 11.3 Å². The molecular formula is C13H19N5OS. The van der Waals surface area contributed by atoms with Crippen molar-refractivity contribution in [2.75, 3.05) is 23.9 Å². The minimum Gasteiger partial charge on any atom is -0.396 e. The molecule has 20 heavy (non-hydrogen) atoms. The number of nitrogens with two attached hydrogens (primary N) is 1. The molecule has 1 aliphatic carbocycles. The summed E-state index contributed by atoms with van der Waals surface area (Å²) in [5, 5.41) is 13.6. The van der Waals surface area contributed by atoms with Gasteiger partial charge < -0.3 is 10.4 Å². The van der Waals surface area contributed by atoms with Crippen molar-refractivity contribution in [2.45, 2.75) is 26.2 Å². The van der Waals surface area contributed by atoms with Crippen LogP contribution in [-0.4, -0.2) is 28.2 Å². The van der Waals surface area contributed by atoms with Crippen LogP contribution in [0.25, 0.3) is 10.2 Å². The number of fused-ring (bicyclic) bond motifs is 1. The molecule has 0 aromatic carbocycles. The highest BCUT2D eigenvalue weighted by Crippen LogP contribution is 2.48. The summed E-state index contributed by atoms with van der Waals surface area (Å²) in [5.74, 6) is 6.67. The van der Waals surface area contributed by atoms with Gasteiger partial charge in [-0.05, 0) is 37.7 Å². The fourth-order valence-corrected chi connectivity index (χ4v) is 3.32. The Labute approximate surface area is 121 Å². The molecule has 0 unspecified atom stereocenters. The zero-order valence-electron chi connectivity index (χ0n) is 11.4. The summed E-state index contributed by atoms with van der Waals surface area (Å²) in [6, 6.07) is 2.09. The SMILES string of the molecule is Cc1cc2c(NCC3(CCO)CC3)nc(NN)nc2s1. The zero-order chi connectivity index (χ0) is 14.2. The fourth-order valence-electron chi connectivity index (χ4n) is 2.44. The maximum Gasteiger partial charge on any atom is 0.240 e. The lowest BCUT2D eigenvalue weighted by Gasteiger charge is -2.15. The Balaban J connectivity index is 1.86. The second-order valence-electron chi connectivity index (χ2n) is 5.44. The number of nitrogen functional groups attached to an aromatic ring is 1. The van der Waals surface area contributed by atoms with Gasteiger partial charge in [0.1, 0.15) is 10.6 Å². The third-order valence-corrected chi connectivity index (χ3v) is 4.82. The number of anilines is 2. The van der Waals surface area contributed by atoms with Crippen LogP contribution < -0.4 is 16.6 Å². The fraction of sp³-hybridized carbons (Fsp3) is 0.538. The van der Waals surface area contributed by atoms with Crippen LogP contribution in [-0.2, 0) is 0 Å². The molecule has 6 nitrogen and oxygen atoms in total. The Hall–Kier alpha value is -1.44. The molecule has 2 heterocycles. The lowest BCUT2D eigenvalue weighted by molar-refractivity contribution is 0.253. The van der Waals surface area contributed by atoms with Gasteiger partial charge in [0.05, 0.1) is 5.39 Å². The highest BCUT2D eigenvalue weighted by molar-refractivity contribution is 7.18. The first kappa shape index (κ1) is 13.5. The molecule has 1 fully saturated rings. The first-order valence-corrected chi connectivity index (χ1v) is 7.57. The van der Waals surface area contributed by atoms with Crippen LogP contribution in [0.2, 0.25) is 0 Å². The zero-order valence-corrected chi connectivity index (χ0v) is 12.3. The standard InChI is InChI=1S/C13H19N5OS/c1-8-6-9-10(15-7-13(2-3-13)4-5-19)16-12(18-14)17-11(9)20-8/h6,19H,2-5,7,14H2,1H3,(H2,15,16,17,18). The van der Waals surface area contributed by atoms with Crippen molar-refractivity contribution in [3.63, 3.8) is 0 Å². The molecule has 2 aromatic heterocycles. The van der Waals surface area contributed by atoms with Crippen LogP contribution in [0, 0.1) is 12.3 Å². The molecule has 2 aromatic rings. The summed E-state index contributed by atoms with van der Waals surface area (Å²) >= 11 is 1.63. The number of thiophene rings is 1. The van der Waals surface area contributed by atoms with Crippen molar-refractivity contribution in [1.29, 1.82) is 0 Å². The highest BCUT2D eigenvalue weighted by atomic mass is 32.1. The van der Waals surface area contributed by atoms with Crippen LogP contribution in [0.1, 0.15) is 24.1 Å². The monoisotopic (exact) mass is 293 g/mol. The summed E-state index contributed by atoms with van der Waals surface area (Å²) < 4.78 is 0. The van der Waals surface area contributed by atoms with E-state index in [4.69, 9.17) is 10.9 Å². The van der Waals surface area contributed by atoms with E-state index in [-0.39, 0.29) is 12.0 Å². The Bertz CT molecular complexity index is 622. The number of nitrogens with one attached hydrogen (secondary N) is 2. The summed E-state index contributed by atoms with van der Waals surface area (Å²) in [6.45, 7) is 3.13. The van der Waals surface area contributed by atoms with Gasteiger partial charge in [0.25, 0.3) is 0 Å². The molecule has 108 valence electrons. The van der Waals surface area contributed by atoms with Crippen LogP contribution >= 0.6 is 11.3 Å². The minimum absolute atomic E-state index is 0.243. The largest absolute Gasteiger partial charge is 0.396 e. The third kappa shape index (κ3) is 2.56. The van der Waals surface area contributed by atoms with Gasteiger partial charge in [-0.3, -0.25) is 5.43 Å². The van der Waals surface area contributed by atoms with Gasteiger partial charge in [-0.15, -0.1) is 11.3 Å². The van der Waals surface area contributed by atoms with Crippen LogP contribution in [0.15, 0.2) is 6.07 Å². The van der Waals surface area contributed by atoms with Crippen LogP contribution in [0.5, 0.6) is 0 Å². The minimum atomic E-state index is 0.243. The first-order valence-electron chi connectivity index (χ1n) is 6.75. The Kier molecular flexibility index (Phi) is 3.49. The molecule has 5 N–H and O–H groups in total. The lowest BCUT2D eigenvalue weighted by atomic mass is 10.0. The van der Waals surface area contributed by atoms with E-state index in [0.717, 1.165) is 29.0 Å². The number of aryl methyl sites for hydroxylation is 1. The lowest BCUT2D eigenvalue weighted by Crippen LogP contribution is -2.18. The van der Waals surface area contributed by atoms with Gasteiger partial charge in [0, 0.05) is 18.0 Å². The van der Waals surface area contributed by atoms with E-state index in [0.29, 0.717) is 5.95 Å². The third-order valence-electron chi connectivity index (χ3n) is 3.88. The van der Waals surface area contributed by atoms with Crippen molar-refractivity contribution in [1.82, 2.24) is 9.97 Å². The molecule has 0 saturated heterocycles. The molecule has 0 spiro atoms. The molecule has 0 radical (unpaired) electrons. The van der Waals surface area contributed by atoms with Crippen LogP contribution in [0.3, 0.4) is 0 Å². The quantitative estimate of drug-likeness (QED) is 0.479. The van der Waals surface area contributed by atoms with E-state index in [9.17, 15) is 0 Å². The van der Waals surface area contributed by atoms with Gasteiger partial charge in [0.15, 0.2) is 0 Å². The molecule has 0 atom stereocenters. The van der Waals surface area contributed by atoms with Gasteiger partial charge in [-0.2, -0.15) is 4.98 Å². The number of aliphatic hydroxyl groups excluding tert-OH is 1. The van der Waals surface area contributed by atoms with E-state index >= 15 is 0 Å². The number of aromatic nitrogens is 2. The number of hydrogen-bond acceptors (Lipinski definition) is 7. The van der Waals surface area contributed by atoms with E-state index in [1.54, 1.807) is 11.3 Å². The van der Waals surface area contributed by atoms with Crippen molar-refractivity contribution >= 4 is 33.3 Å².